The molecule has 0 unspecified atom stereocenters. The lowest BCUT2D eigenvalue weighted by Gasteiger charge is -2.35. The predicted molar refractivity (Wildman–Crippen MR) is 74.5 cm³/mol. The van der Waals surface area contributed by atoms with Crippen LogP contribution in [0.2, 0.25) is 10.0 Å². The first-order valence-electron chi connectivity index (χ1n) is 6.08. The molecule has 0 radical (unpaired) electrons. The molecule has 0 spiro atoms. The third-order valence-electron chi connectivity index (χ3n) is 3.48. The molecule has 1 aromatic rings. The Kier molecular flexibility index (Phi) is 4.33. The molecule has 0 atom stereocenters. The number of piperidine rings is 1. The van der Waals surface area contributed by atoms with Gasteiger partial charge in [-0.15, -0.1) is 0 Å². The molecule has 3 nitrogen and oxygen atoms in total. The van der Waals surface area contributed by atoms with E-state index in [4.69, 9.17) is 28.9 Å². The van der Waals surface area contributed by atoms with Crippen LogP contribution in [0, 0.1) is 0 Å². The minimum atomic E-state index is -1.34. The van der Waals surface area contributed by atoms with Gasteiger partial charge in [0, 0.05) is 38.0 Å². The van der Waals surface area contributed by atoms with Crippen molar-refractivity contribution < 1.29 is 9.18 Å². The van der Waals surface area contributed by atoms with E-state index in [0.29, 0.717) is 28.7 Å². The lowest BCUT2D eigenvalue weighted by Crippen LogP contribution is -2.47. The molecule has 1 heterocycles. The van der Waals surface area contributed by atoms with Gasteiger partial charge >= 0.3 is 0 Å². The number of hydrogen-bond acceptors (Lipinski definition) is 2. The molecule has 0 saturated carbocycles. The second kappa shape index (κ2) is 5.65. The van der Waals surface area contributed by atoms with Gasteiger partial charge in [0.2, 0.25) is 0 Å². The summed E-state index contributed by atoms with van der Waals surface area (Å²) in [6.45, 7) is 0.737. The summed E-state index contributed by atoms with van der Waals surface area (Å²) in [5.74, 6) is -0.155. The van der Waals surface area contributed by atoms with Gasteiger partial charge in [0.25, 0.3) is 5.91 Å². The van der Waals surface area contributed by atoms with Gasteiger partial charge in [-0.05, 0) is 18.2 Å². The Labute approximate surface area is 121 Å². The Hall–Kier alpha value is -0.840. The normalized spacial score (nSPS) is 18.4. The molecule has 104 valence electrons. The summed E-state index contributed by atoms with van der Waals surface area (Å²) in [6.07, 6.45) is 0.549. The molecule has 6 heteroatoms. The average molecular weight is 305 g/mol. The van der Waals surface area contributed by atoms with Crippen LogP contribution in [0.15, 0.2) is 18.2 Å². The molecule has 0 bridgehead atoms. The van der Waals surface area contributed by atoms with Crippen molar-refractivity contribution in [2.45, 2.75) is 18.5 Å². The van der Waals surface area contributed by atoms with E-state index in [-0.39, 0.29) is 25.3 Å². The fourth-order valence-electron chi connectivity index (χ4n) is 2.13. The smallest absolute Gasteiger partial charge is 0.253 e. The van der Waals surface area contributed by atoms with Crippen LogP contribution >= 0.6 is 23.2 Å². The van der Waals surface area contributed by atoms with Crippen molar-refractivity contribution in [3.05, 3.63) is 33.8 Å². The molecule has 2 N–H and O–H groups in total. The molecule has 1 aliphatic rings. The molecule has 1 aromatic carbocycles. The topological polar surface area (TPSA) is 46.3 Å². The fourth-order valence-corrected chi connectivity index (χ4v) is 2.42. The lowest BCUT2D eigenvalue weighted by atomic mass is 9.93. The maximum atomic E-state index is 14.0. The van der Waals surface area contributed by atoms with Gasteiger partial charge in [-0.1, -0.05) is 23.2 Å². The number of nitrogens with two attached hydrogens (primary N) is 1. The first-order chi connectivity index (χ1) is 8.95. The number of rotatable bonds is 2. The van der Waals surface area contributed by atoms with Crippen LogP contribution < -0.4 is 5.73 Å². The van der Waals surface area contributed by atoms with Gasteiger partial charge in [-0.3, -0.25) is 4.79 Å². The Morgan fingerprint density at radius 3 is 2.47 bits per heavy atom. The summed E-state index contributed by atoms with van der Waals surface area (Å²) in [6, 6.07) is 4.74. The van der Waals surface area contributed by atoms with E-state index in [2.05, 4.69) is 0 Å². The highest BCUT2D eigenvalue weighted by atomic mass is 35.5. The van der Waals surface area contributed by atoms with Crippen LogP contribution in [0.3, 0.4) is 0 Å². The Bertz CT molecular complexity index is 488. The van der Waals surface area contributed by atoms with E-state index in [1.54, 1.807) is 17.0 Å². The highest BCUT2D eigenvalue weighted by Gasteiger charge is 2.34. The highest BCUT2D eigenvalue weighted by Crippen LogP contribution is 2.27. The summed E-state index contributed by atoms with van der Waals surface area (Å²) in [5.41, 5.74) is 4.52. The number of hydrogen-bond donors (Lipinski definition) is 1. The number of benzene rings is 1. The Morgan fingerprint density at radius 1 is 1.32 bits per heavy atom. The molecule has 2 rings (SSSR count). The van der Waals surface area contributed by atoms with Gasteiger partial charge in [0.05, 0.1) is 10.0 Å². The summed E-state index contributed by atoms with van der Waals surface area (Å²) in [7, 11) is 0. The van der Waals surface area contributed by atoms with Crippen LogP contribution in [0.25, 0.3) is 0 Å². The van der Waals surface area contributed by atoms with E-state index in [1.807, 2.05) is 0 Å². The molecule has 0 aliphatic carbocycles. The van der Waals surface area contributed by atoms with E-state index in [0.717, 1.165) is 0 Å². The minimum absolute atomic E-state index is 0.00179. The van der Waals surface area contributed by atoms with E-state index in [1.165, 1.54) is 6.07 Å². The number of carbonyl (C=O) groups excluding carboxylic acids is 1. The summed E-state index contributed by atoms with van der Waals surface area (Å²) < 4.78 is 14.0. The van der Waals surface area contributed by atoms with Gasteiger partial charge in [-0.25, -0.2) is 4.39 Å². The number of likely N-dealkylation sites (tertiary alicyclic amines) is 1. The van der Waals surface area contributed by atoms with Crippen LogP contribution in [-0.2, 0) is 0 Å². The first-order valence-corrected chi connectivity index (χ1v) is 6.84. The van der Waals surface area contributed by atoms with Crippen LogP contribution in [0.1, 0.15) is 23.2 Å². The summed E-state index contributed by atoms with van der Waals surface area (Å²) in [5, 5.41) is 0.745. The van der Waals surface area contributed by atoms with Crippen molar-refractivity contribution in [1.82, 2.24) is 4.90 Å². The molecule has 1 aliphatic heterocycles. The maximum absolute atomic E-state index is 14.0. The minimum Gasteiger partial charge on any atom is -0.338 e. The summed E-state index contributed by atoms with van der Waals surface area (Å²) >= 11 is 11.7. The van der Waals surface area contributed by atoms with Gasteiger partial charge < -0.3 is 10.6 Å². The van der Waals surface area contributed by atoms with Crippen LogP contribution in [0.5, 0.6) is 0 Å². The van der Waals surface area contributed by atoms with Gasteiger partial charge in [0.1, 0.15) is 5.67 Å². The number of carbonyl (C=O) groups is 1. The first kappa shape index (κ1) is 14.6. The predicted octanol–water partition coefficient (Wildman–Crippen LogP) is 2.90. The van der Waals surface area contributed by atoms with Crippen LogP contribution in [0.4, 0.5) is 4.39 Å². The zero-order valence-electron chi connectivity index (χ0n) is 10.3. The third kappa shape index (κ3) is 3.19. The molecule has 0 aromatic heterocycles. The van der Waals surface area contributed by atoms with Gasteiger partial charge in [0.15, 0.2) is 0 Å². The summed E-state index contributed by atoms with van der Waals surface area (Å²) in [4.78, 5) is 13.9. The molecular weight excluding hydrogens is 290 g/mol. The van der Waals surface area contributed by atoms with E-state index < -0.39 is 5.67 Å². The lowest BCUT2D eigenvalue weighted by molar-refractivity contribution is 0.0469. The van der Waals surface area contributed by atoms with E-state index >= 15 is 0 Å². The van der Waals surface area contributed by atoms with Crippen molar-refractivity contribution in [2.24, 2.45) is 5.73 Å². The highest BCUT2D eigenvalue weighted by molar-refractivity contribution is 6.42. The standard InChI is InChI=1S/C13H15Cl2FN2O/c14-10-2-1-9(7-11(10)15)12(19)18-5-3-13(16,8-17)4-6-18/h1-2,7H,3-6,8,17H2. The quantitative estimate of drug-likeness (QED) is 0.913. The van der Waals surface area contributed by atoms with Crippen molar-refractivity contribution in [1.29, 1.82) is 0 Å². The average Bonchev–Trinajstić information content (AvgIpc) is 2.42. The molecule has 1 amide bonds. The zero-order valence-corrected chi connectivity index (χ0v) is 11.8. The van der Waals surface area contributed by atoms with Crippen molar-refractivity contribution in [3.63, 3.8) is 0 Å². The Morgan fingerprint density at radius 2 is 1.95 bits per heavy atom. The Balaban J connectivity index is 2.07. The third-order valence-corrected chi connectivity index (χ3v) is 4.22. The number of halogens is 3. The van der Waals surface area contributed by atoms with E-state index in [9.17, 15) is 9.18 Å². The van der Waals surface area contributed by atoms with Crippen molar-refractivity contribution >= 4 is 29.1 Å². The van der Waals surface area contributed by atoms with Crippen LogP contribution in [-0.4, -0.2) is 36.1 Å². The molecule has 1 saturated heterocycles. The number of alkyl halides is 1. The SMILES string of the molecule is NCC1(F)CCN(C(=O)c2ccc(Cl)c(Cl)c2)CC1. The second-order valence-electron chi connectivity index (χ2n) is 4.78. The van der Waals surface area contributed by atoms with Crippen molar-refractivity contribution in [2.75, 3.05) is 19.6 Å². The number of amides is 1. The van der Waals surface area contributed by atoms with Gasteiger partial charge in [-0.2, -0.15) is 0 Å². The molecule has 1 fully saturated rings. The monoisotopic (exact) mass is 304 g/mol. The largest absolute Gasteiger partial charge is 0.338 e. The zero-order chi connectivity index (χ0) is 14.0. The second-order valence-corrected chi connectivity index (χ2v) is 5.59. The fraction of sp³-hybridized carbons (Fsp3) is 0.462. The van der Waals surface area contributed by atoms with Crippen molar-refractivity contribution in [3.8, 4) is 0 Å². The molecule has 19 heavy (non-hydrogen) atoms. The maximum Gasteiger partial charge on any atom is 0.253 e. The number of nitrogens with zero attached hydrogens (tertiary/aromatic N) is 1. The molecular formula is C13H15Cl2FN2O.